The summed E-state index contributed by atoms with van der Waals surface area (Å²) >= 11 is 0. The minimum absolute atomic E-state index is 0.343. The van der Waals surface area contributed by atoms with Crippen LogP contribution in [0.1, 0.15) is 129 Å². The summed E-state index contributed by atoms with van der Waals surface area (Å²) in [7, 11) is 0. The lowest BCUT2D eigenvalue weighted by atomic mass is 9.85. The van der Waals surface area contributed by atoms with Gasteiger partial charge in [0, 0.05) is 0 Å². The molecule has 0 aromatic heterocycles. The van der Waals surface area contributed by atoms with E-state index in [2.05, 4.69) is 13.8 Å². The minimum atomic E-state index is -1.10. The summed E-state index contributed by atoms with van der Waals surface area (Å²) in [6.07, 6.45) is 19.9. The van der Waals surface area contributed by atoms with E-state index in [9.17, 15) is 15.3 Å². The molecule has 0 saturated carbocycles. The van der Waals surface area contributed by atoms with Crippen LogP contribution in [-0.2, 0) is 0 Å². The normalized spacial score (nSPS) is 15.1. The smallest absolute Gasteiger partial charge is 0.106 e. The predicted octanol–water partition coefficient (Wildman–Crippen LogP) is 6.13. The summed E-state index contributed by atoms with van der Waals surface area (Å²) in [5.74, 6) is 0. The van der Waals surface area contributed by atoms with Gasteiger partial charge >= 0.3 is 0 Å². The van der Waals surface area contributed by atoms with Crippen molar-refractivity contribution >= 4 is 0 Å². The molecule has 0 bridgehead atoms. The van der Waals surface area contributed by atoms with E-state index in [0.29, 0.717) is 12.8 Å². The van der Waals surface area contributed by atoms with Crippen molar-refractivity contribution in [3.05, 3.63) is 0 Å². The van der Waals surface area contributed by atoms with Crippen molar-refractivity contribution in [3.63, 3.8) is 0 Å². The van der Waals surface area contributed by atoms with Gasteiger partial charge < -0.3 is 15.3 Å². The summed E-state index contributed by atoms with van der Waals surface area (Å²) in [5, 5.41) is 30.2. The highest BCUT2D eigenvalue weighted by Crippen LogP contribution is 2.27. The van der Waals surface area contributed by atoms with Gasteiger partial charge in [-0.3, -0.25) is 0 Å². The SMILES string of the molecule is CCCCCCCCCCCCC(O)(CCCCCCCC)C(O)CO. The van der Waals surface area contributed by atoms with Crippen molar-refractivity contribution in [3.8, 4) is 0 Å². The lowest BCUT2D eigenvalue weighted by molar-refractivity contribution is -0.106. The second-order valence-electron chi connectivity index (χ2n) is 8.25. The first-order valence-corrected chi connectivity index (χ1v) is 11.6. The highest BCUT2D eigenvalue weighted by atomic mass is 16.4. The molecule has 0 aromatic carbocycles. The molecule has 3 nitrogen and oxygen atoms in total. The van der Waals surface area contributed by atoms with Gasteiger partial charge in [-0.05, 0) is 12.8 Å². The van der Waals surface area contributed by atoms with Crippen molar-refractivity contribution in [2.75, 3.05) is 6.61 Å². The molecule has 0 aliphatic heterocycles. The first-order chi connectivity index (χ1) is 12.6. The fraction of sp³-hybridized carbons (Fsp3) is 1.00. The molecule has 0 saturated heterocycles. The second-order valence-corrected chi connectivity index (χ2v) is 8.25. The van der Waals surface area contributed by atoms with Crippen LogP contribution in [0.15, 0.2) is 0 Å². The maximum atomic E-state index is 10.8. The number of aliphatic hydroxyl groups excluding tert-OH is 2. The molecule has 0 heterocycles. The molecular formula is C23H48O3. The van der Waals surface area contributed by atoms with Crippen molar-refractivity contribution in [1.29, 1.82) is 0 Å². The first kappa shape index (κ1) is 25.9. The molecule has 158 valence electrons. The largest absolute Gasteiger partial charge is 0.394 e. The van der Waals surface area contributed by atoms with Crippen LogP contribution in [0.3, 0.4) is 0 Å². The quantitative estimate of drug-likeness (QED) is 0.225. The Hall–Kier alpha value is -0.120. The number of aliphatic hydroxyl groups is 3. The van der Waals surface area contributed by atoms with Crippen LogP contribution >= 0.6 is 0 Å². The third-order valence-electron chi connectivity index (χ3n) is 5.72. The number of unbranched alkanes of at least 4 members (excludes halogenated alkanes) is 14. The van der Waals surface area contributed by atoms with Crippen molar-refractivity contribution in [2.24, 2.45) is 0 Å². The Morgan fingerprint density at radius 1 is 0.577 bits per heavy atom. The molecule has 0 aliphatic carbocycles. The summed E-state index contributed by atoms with van der Waals surface area (Å²) in [6, 6.07) is 0. The lowest BCUT2D eigenvalue weighted by Gasteiger charge is -2.32. The molecule has 0 amide bonds. The van der Waals surface area contributed by atoms with E-state index in [1.807, 2.05) is 0 Å². The van der Waals surface area contributed by atoms with Gasteiger partial charge in [-0.2, -0.15) is 0 Å². The number of rotatable bonds is 20. The Morgan fingerprint density at radius 3 is 1.19 bits per heavy atom. The van der Waals surface area contributed by atoms with Gasteiger partial charge in [-0.25, -0.2) is 0 Å². The Morgan fingerprint density at radius 2 is 0.885 bits per heavy atom. The van der Waals surface area contributed by atoms with Crippen LogP contribution in [-0.4, -0.2) is 33.6 Å². The highest BCUT2D eigenvalue weighted by molar-refractivity contribution is 4.86. The summed E-state index contributed by atoms with van der Waals surface area (Å²) < 4.78 is 0. The molecule has 2 unspecified atom stereocenters. The van der Waals surface area contributed by atoms with Crippen LogP contribution in [0.25, 0.3) is 0 Å². The lowest BCUT2D eigenvalue weighted by Crippen LogP contribution is -2.44. The Balaban J connectivity index is 3.81. The van der Waals surface area contributed by atoms with Crippen molar-refractivity contribution in [1.82, 2.24) is 0 Å². The Bertz CT molecular complexity index is 283. The predicted molar refractivity (Wildman–Crippen MR) is 112 cm³/mol. The van der Waals surface area contributed by atoms with Crippen LogP contribution in [0, 0.1) is 0 Å². The molecule has 2 atom stereocenters. The van der Waals surface area contributed by atoms with Crippen LogP contribution in [0.4, 0.5) is 0 Å². The molecule has 0 radical (unpaired) electrons. The zero-order chi connectivity index (χ0) is 19.5. The Labute approximate surface area is 163 Å². The molecular weight excluding hydrogens is 324 g/mol. The fourth-order valence-electron chi connectivity index (χ4n) is 3.76. The van der Waals surface area contributed by atoms with E-state index >= 15 is 0 Å². The van der Waals surface area contributed by atoms with Gasteiger partial charge in [0.15, 0.2) is 0 Å². The summed E-state index contributed by atoms with van der Waals surface area (Å²) in [6.45, 7) is 4.12. The van der Waals surface area contributed by atoms with Gasteiger partial charge in [-0.15, -0.1) is 0 Å². The summed E-state index contributed by atoms with van der Waals surface area (Å²) in [5.41, 5.74) is -1.10. The highest BCUT2D eigenvalue weighted by Gasteiger charge is 2.33. The molecule has 3 N–H and O–H groups in total. The van der Waals surface area contributed by atoms with Gasteiger partial charge in [0.1, 0.15) is 6.10 Å². The average molecular weight is 373 g/mol. The molecule has 3 heteroatoms. The van der Waals surface area contributed by atoms with E-state index in [4.69, 9.17) is 0 Å². The van der Waals surface area contributed by atoms with E-state index < -0.39 is 11.7 Å². The molecule has 0 fully saturated rings. The van der Waals surface area contributed by atoms with Gasteiger partial charge in [0.05, 0.1) is 12.2 Å². The van der Waals surface area contributed by atoms with E-state index in [0.717, 1.165) is 25.7 Å². The van der Waals surface area contributed by atoms with Gasteiger partial charge in [0.2, 0.25) is 0 Å². The molecule has 0 rings (SSSR count). The maximum absolute atomic E-state index is 10.8. The molecule has 26 heavy (non-hydrogen) atoms. The molecule has 0 aromatic rings. The van der Waals surface area contributed by atoms with Crippen LogP contribution < -0.4 is 0 Å². The van der Waals surface area contributed by atoms with Gasteiger partial charge in [0.25, 0.3) is 0 Å². The standard InChI is InChI=1S/C23H48O3/c1-3-5-7-9-11-12-13-14-16-18-20-23(26,22(25)21-24)19-17-15-10-8-6-4-2/h22,24-26H,3-21H2,1-2H3. The maximum Gasteiger partial charge on any atom is 0.106 e. The second kappa shape index (κ2) is 18.3. The minimum Gasteiger partial charge on any atom is -0.394 e. The molecule has 0 aliphatic rings. The van der Waals surface area contributed by atoms with E-state index in [1.165, 1.54) is 77.0 Å². The van der Waals surface area contributed by atoms with Crippen LogP contribution in [0.5, 0.6) is 0 Å². The first-order valence-electron chi connectivity index (χ1n) is 11.6. The summed E-state index contributed by atoms with van der Waals surface area (Å²) in [4.78, 5) is 0. The fourth-order valence-corrected chi connectivity index (χ4v) is 3.76. The van der Waals surface area contributed by atoms with Crippen molar-refractivity contribution in [2.45, 2.75) is 141 Å². The number of hydrogen-bond donors (Lipinski definition) is 3. The average Bonchev–Trinajstić information content (AvgIpc) is 2.65. The van der Waals surface area contributed by atoms with E-state index in [-0.39, 0.29) is 6.61 Å². The van der Waals surface area contributed by atoms with Gasteiger partial charge in [-0.1, -0.05) is 117 Å². The van der Waals surface area contributed by atoms with Crippen LogP contribution in [0.2, 0.25) is 0 Å². The van der Waals surface area contributed by atoms with Crippen molar-refractivity contribution < 1.29 is 15.3 Å². The number of hydrogen-bond acceptors (Lipinski definition) is 3. The monoisotopic (exact) mass is 372 g/mol. The zero-order valence-electron chi connectivity index (χ0n) is 17.9. The molecule has 0 spiro atoms. The Kier molecular flexibility index (Phi) is 18.2. The van der Waals surface area contributed by atoms with E-state index in [1.54, 1.807) is 0 Å². The third kappa shape index (κ3) is 14.0. The third-order valence-corrected chi connectivity index (χ3v) is 5.72. The topological polar surface area (TPSA) is 60.7 Å². The zero-order valence-corrected chi connectivity index (χ0v) is 17.9.